The van der Waals surface area contributed by atoms with E-state index in [0.29, 0.717) is 43.6 Å². The molecule has 0 spiro atoms. The monoisotopic (exact) mass is 430 g/mol. The summed E-state index contributed by atoms with van der Waals surface area (Å²) in [5, 5.41) is 0. The van der Waals surface area contributed by atoms with E-state index in [4.69, 9.17) is 13.9 Å². The minimum absolute atomic E-state index is 0.181. The Morgan fingerprint density at radius 2 is 1.77 bits per heavy atom. The van der Waals surface area contributed by atoms with Crippen LogP contribution in [0.5, 0.6) is 5.75 Å². The average Bonchev–Trinajstić information content (AvgIpc) is 3.21. The fourth-order valence-electron chi connectivity index (χ4n) is 2.73. The Kier molecular flexibility index (Phi) is 7.62. The second kappa shape index (κ2) is 10.4. The third-order valence-corrected chi connectivity index (χ3v) is 5.83. The van der Waals surface area contributed by atoms with Gasteiger partial charge in [-0.15, -0.1) is 0 Å². The number of nitrogens with one attached hydrogen (secondary N) is 1. The summed E-state index contributed by atoms with van der Waals surface area (Å²) in [6.07, 6.45) is 1.98. The van der Waals surface area contributed by atoms with E-state index in [1.54, 1.807) is 18.4 Å². The van der Waals surface area contributed by atoms with Crippen LogP contribution in [-0.4, -0.2) is 39.8 Å². The van der Waals surface area contributed by atoms with E-state index >= 15 is 0 Å². The quantitative estimate of drug-likeness (QED) is 0.468. The fraction of sp³-hybridized carbons (Fsp3) is 0.318. The number of oxazole rings is 1. The summed E-state index contributed by atoms with van der Waals surface area (Å²) in [7, 11) is -3.62. The number of benzene rings is 2. The molecule has 30 heavy (non-hydrogen) atoms. The second-order valence-corrected chi connectivity index (χ2v) is 8.44. The molecule has 1 heterocycles. The molecule has 0 aliphatic heterocycles. The molecular formula is C22H26N2O5S. The van der Waals surface area contributed by atoms with E-state index in [1.165, 1.54) is 12.1 Å². The van der Waals surface area contributed by atoms with Gasteiger partial charge in [0.25, 0.3) is 0 Å². The molecule has 2 aromatic carbocycles. The van der Waals surface area contributed by atoms with Crippen LogP contribution in [0.25, 0.3) is 11.5 Å². The van der Waals surface area contributed by atoms with Gasteiger partial charge < -0.3 is 13.9 Å². The molecule has 1 aromatic heterocycles. The molecule has 0 saturated heterocycles. The Morgan fingerprint density at radius 3 is 2.47 bits per heavy atom. The van der Waals surface area contributed by atoms with Gasteiger partial charge in [0, 0.05) is 25.1 Å². The van der Waals surface area contributed by atoms with Gasteiger partial charge in [0.05, 0.1) is 17.2 Å². The summed E-state index contributed by atoms with van der Waals surface area (Å²) in [5.41, 5.74) is 2.73. The number of hydrogen-bond donors (Lipinski definition) is 1. The molecule has 3 rings (SSSR count). The van der Waals surface area contributed by atoms with Crippen molar-refractivity contribution in [1.82, 2.24) is 9.71 Å². The van der Waals surface area contributed by atoms with Crippen LogP contribution in [0.2, 0.25) is 0 Å². The third kappa shape index (κ3) is 6.16. The molecule has 0 atom stereocenters. The Labute approximate surface area is 177 Å². The number of hydrogen-bond acceptors (Lipinski definition) is 6. The van der Waals surface area contributed by atoms with Crippen molar-refractivity contribution < 1.29 is 22.3 Å². The molecule has 0 radical (unpaired) electrons. The lowest BCUT2D eigenvalue weighted by Crippen LogP contribution is -2.26. The first-order chi connectivity index (χ1) is 14.5. The van der Waals surface area contributed by atoms with Gasteiger partial charge in [-0.1, -0.05) is 17.7 Å². The molecule has 0 amide bonds. The Balaban J connectivity index is 1.51. The topological polar surface area (TPSA) is 90.7 Å². The Morgan fingerprint density at radius 1 is 1.03 bits per heavy atom. The lowest BCUT2D eigenvalue weighted by atomic mass is 10.1. The molecule has 3 aromatic rings. The van der Waals surface area contributed by atoms with Gasteiger partial charge in [-0.2, -0.15) is 0 Å². The van der Waals surface area contributed by atoms with Crippen molar-refractivity contribution in [3.8, 4) is 17.2 Å². The summed E-state index contributed by atoms with van der Waals surface area (Å²) in [4.78, 5) is 4.61. The number of rotatable bonds is 11. The standard InChI is InChI=1S/C22H26N2O5S/c1-3-27-14-15-28-20-8-10-21(11-9-20)30(25,26)23-13-12-19-16-29-22(24-19)18-6-4-17(2)5-7-18/h4-11,16,23H,3,12-15H2,1-2H3. The van der Waals surface area contributed by atoms with Crippen molar-refractivity contribution in [1.29, 1.82) is 0 Å². The van der Waals surface area contributed by atoms with E-state index in [2.05, 4.69) is 9.71 Å². The van der Waals surface area contributed by atoms with Gasteiger partial charge in [0.1, 0.15) is 18.6 Å². The number of nitrogens with zero attached hydrogens (tertiary/aromatic N) is 1. The second-order valence-electron chi connectivity index (χ2n) is 6.67. The molecule has 0 unspecified atom stereocenters. The largest absolute Gasteiger partial charge is 0.491 e. The van der Waals surface area contributed by atoms with Crippen LogP contribution in [0, 0.1) is 6.92 Å². The summed E-state index contributed by atoms with van der Waals surface area (Å²) in [5.74, 6) is 1.12. The maximum atomic E-state index is 12.5. The minimum Gasteiger partial charge on any atom is -0.491 e. The number of sulfonamides is 1. The van der Waals surface area contributed by atoms with Crippen molar-refractivity contribution in [2.75, 3.05) is 26.4 Å². The molecule has 7 nitrogen and oxygen atoms in total. The van der Waals surface area contributed by atoms with Crippen LogP contribution in [0.1, 0.15) is 18.2 Å². The molecule has 0 fully saturated rings. The number of aromatic nitrogens is 1. The SMILES string of the molecule is CCOCCOc1ccc(S(=O)(=O)NCCc2coc(-c3ccc(C)cc3)n2)cc1. The molecule has 0 aliphatic carbocycles. The highest BCUT2D eigenvalue weighted by molar-refractivity contribution is 7.89. The molecular weight excluding hydrogens is 404 g/mol. The van der Waals surface area contributed by atoms with Crippen LogP contribution in [0.3, 0.4) is 0 Å². The normalized spacial score (nSPS) is 11.5. The Bertz CT molecular complexity index is 1030. The maximum absolute atomic E-state index is 12.5. The molecule has 0 aliphatic rings. The zero-order valence-corrected chi connectivity index (χ0v) is 17.9. The van der Waals surface area contributed by atoms with Gasteiger partial charge in [0.2, 0.25) is 15.9 Å². The highest BCUT2D eigenvalue weighted by Crippen LogP contribution is 2.19. The van der Waals surface area contributed by atoms with Gasteiger partial charge in [-0.05, 0) is 50.2 Å². The van der Waals surface area contributed by atoms with Crippen molar-refractivity contribution in [3.05, 3.63) is 66.1 Å². The molecule has 8 heteroatoms. The van der Waals surface area contributed by atoms with Crippen LogP contribution >= 0.6 is 0 Å². The first kappa shape index (κ1) is 22.0. The van der Waals surface area contributed by atoms with E-state index in [0.717, 1.165) is 11.1 Å². The first-order valence-electron chi connectivity index (χ1n) is 9.79. The maximum Gasteiger partial charge on any atom is 0.240 e. The summed E-state index contributed by atoms with van der Waals surface area (Å²) < 4.78 is 43.8. The van der Waals surface area contributed by atoms with Crippen molar-refractivity contribution in [2.24, 2.45) is 0 Å². The van der Waals surface area contributed by atoms with Crippen LogP contribution < -0.4 is 9.46 Å². The molecule has 0 bridgehead atoms. The molecule has 160 valence electrons. The van der Waals surface area contributed by atoms with Crippen molar-refractivity contribution in [3.63, 3.8) is 0 Å². The van der Waals surface area contributed by atoms with Gasteiger partial charge in [-0.3, -0.25) is 0 Å². The van der Waals surface area contributed by atoms with Crippen molar-refractivity contribution in [2.45, 2.75) is 25.2 Å². The Hall–Kier alpha value is -2.68. The highest BCUT2D eigenvalue weighted by Gasteiger charge is 2.14. The van der Waals surface area contributed by atoms with Gasteiger partial charge in [-0.25, -0.2) is 18.1 Å². The van der Waals surface area contributed by atoms with Crippen LogP contribution in [0.15, 0.2) is 64.1 Å². The molecule has 0 saturated carbocycles. The third-order valence-electron chi connectivity index (χ3n) is 4.36. The lowest BCUT2D eigenvalue weighted by molar-refractivity contribution is 0.110. The number of ether oxygens (including phenoxy) is 2. The van der Waals surface area contributed by atoms with Gasteiger partial charge >= 0.3 is 0 Å². The highest BCUT2D eigenvalue weighted by atomic mass is 32.2. The summed E-state index contributed by atoms with van der Waals surface area (Å²) in [6.45, 7) is 5.69. The smallest absolute Gasteiger partial charge is 0.240 e. The summed E-state index contributed by atoms with van der Waals surface area (Å²) in [6, 6.07) is 14.2. The van der Waals surface area contributed by atoms with Gasteiger partial charge in [0.15, 0.2) is 0 Å². The zero-order valence-electron chi connectivity index (χ0n) is 17.1. The predicted octanol–water partition coefficient (Wildman–Crippen LogP) is 3.59. The average molecular weight is 431 g/mol. The lowest BCUT2D eigenvalue weighted by Gasteiger charge is -2.08. The van der Waals surface area contributed by atoms with E-state index in [1.807, 2.05) is 38.1 Å². The van der Waals surface area contributed by atoms with E-state index in [9.17, 15) is 8.42 Å². The molecule has 1 N–H and O–H groups in total. The van der Waals surface area contributed by atoms with Crippen molar-refractivity contribution >= 4 is 10.0 Å². The zero-order chi connectivity index (χ0) is 21.4. The van der Waals surface area contributed by atoms with Crippen LogP contribution in [0.4, 0.5) is 0 Å². The van der Waals surface area contributed by atoms with Crippen LogP contribution in [-0.2, 0) is 21.2 Å². The van der Waals surface area contributed by atoms with E-state index in [-0.39, 0.29) is 11.4 Å². The van der Waals surface area contributed by atoms with E-state index < -0.39 is 10.0 Å². The summed E-state index contributed by atoms with van der Waals surface area (Å²) >= 11 is 0. The first-order valence-corrected chi connectivity index (χ1v) is 11.3. The number of aryl methyl sites for hydroxylation is 1. The predicted molar refractivity (Wildman–Crippen MR) is 114 cm³/mol. The minimum atomic E-state index is -3.62. The fourth-order valence-corrected chi connectivity index (χ4v) is 3.76.